The molecule has 0 unspecified atom stereocenters. The number of nitrogens with two attached hydrogens (primary N) is 1. The molecule has 0 radical (unpaired) electrons. The molecule has 5 aromatic rings. The third-order valence-corrected chi connectivity index (χ3v) is 4.63. The summed E-state index contributed by atoms with van der Waals surface area (Å²) in [6.45, 7) is 0.580. The molecule has 2 aromatic heterocycles. The zero-order valence-electron chi connectivity index (χ0n) is 15.5. The zero-order valence-corrected chi connectivity index (χ0v) is 15.5. The number of pyridine rings is 2. The Morgan fingerprint density at radius 3 is 1.96 bits per heavy atom. The van der Waals surface area contributed by atoms with Gasteiger partial charge in [-0.05, 0) is 35.4 Å². The quantitative estimate of drug-likeness (QED) is 0.444. The van der Waals surface area contributed by atoms with E-state index in [0.717, 1.165) is 27.5 Å². The van der Waals surface area contributed by atoms with Crippen LogP contribution >= 0.6 is 0 Å². The fraction of sp³-hybridized carbons (Fsp3) is 0.0400. The molecule has 3 heteroatoms. The minimum absolute atomic E-state index is 0.580. The molecule has 0 fully saturated rings. The van der Waals surface area contributed by atoms with Gasteiger partial charge in [-0.15, -0.1) is 0 Å². The van der Waals surface area contributed by atoms with Gasteiger partial charge >= 0.3 is 0 Å². The molecule has 0 atom stereocenters. The lowest BCUT2D eigenvalue weighted by Crippen LogP contribution is -1.95. The highest BCUT2D eigenvalue weighted by Gasteiger charge is 2.00. The van der Waals surface area contributed by atoms with E-state index in [9.17, 15) is 0 Å². The second-order valence-corrected chi connectivity index (χ2v) is 6.51. The van der Waals surface area contributed by atoms with Gasteiger partial charge in [-0.25, -0.2) is 0 Å². The van der Waals surface area contributed by atoms with E-state index in [1.165, 1.54) is 10.9 Å². The maximum Gasteiger partial charge on any atom is 0.0702 e. The van der Waals surface area contributed by atoms with Crippen LogP contribution in [0, 0.1) is 0 Å². The molecule has 0 spiro atoms. The molecular weight excluding hydrogens is 342 g/mol. The van der Waals surface area contributed by atoms with Crippen LogP contribution in [-0.4, -0.2) is 9.97 Å². The summed E-state index contributed by atoms with van der Waals surface area (Å²) >= 11 is 0. The predicted octanol–water partition coefficient (Wildman–Crippen LogP) is 5.60. The lowest BCUT2D eigenvalue weighted by atomic mass is 10.0. The van der Waals surface area contributed by atoms with Crippen molar-refractivity contribution in [2.75, 3.05) is 0 Å². The van der Waals surface area contributed by atoms with Crippen molar-refractivity contribution in [3.05, 3.63) is 109 Å². The molecule has 28 heavy (non-hydrogen) atoms. The van der Waals surface area contributed by atoms with Gasteiger partial charge in [0, 0.05) is 35.3 Å². The Morgan fingerprint density at radius 1 is 0.607 bits per heavy atom. The first-order valence-corrected chi connectivity index (χ1v) is 9.27. The predicted molar refractivity (Wildman–Crippen MR) is 117 cm³/mol. The Kier molecular flexibility index (Phi) is 5.36. The van der Waals surface area contributed by atoms with Crippen LogP contribution in [0.15, 0.2) is 103 Å². The van der Waals surface area contributed by atoms with Crippen molar-refractivity contribution in [1.82, 2.24) is 9.97 Å². The van der Waals surface area contributed by atoms with Gasteiger partial charge in [0.25, 0.3) is 0 Å². The summed E-state index contributed by atoms with van der Waals surface area (Å²) in [5.41, 5.74) is 11.1. The van der Waals surface area contributed by atoms with Gasteiger partial charge in [0.2, 0.25) is 0 Å². The fourth-order valence-corrected chi connectivity index (χ4v) is 3.08. The molecule has 0 bridgehead atoms. The molecule has 5 rings (SSSR count). The molecule has 3 nitrogen and oxygen atoms in total. The van der Waals surface area contributed by atoms with Crippen LogP contribution in [0.5, 0.6) is 0 Å². The summed E-state index contributed by atoms with van der Waals surface area (Å²) in [5.74, 6) is 0. The molecule has 0 aliphatic heterocycles. The van der Waals surface area contributed by atoms with Crippen molar-refractivity contribution in [2.24, 2.45) is 5.73 Å². The maximum absolute atomic E-state index is 5.60. The number of nitrogens with zero attached hydrogens (tertiary/aromatic N) is 2. The Bertz CT molecular complexity index is 1130. The molecule has 136 valence electrons. The SMILES string of the molecule is NCc1ccc(-c2cnc3ccccc3c2)cc1.c1ccc2ncccc2c1. The van der Waals surface area contributed by atoms with Crippen LogP contribution < -0.4 is 5.73 Å². The molecule has 0 saturated carbocycles. The lowest BCUT2D eigenvalue weighted by molar-refractivity contribution is 1.07. The lowest BCUT2D eigenvalue weighted by Gasteiger charge is -2.04. The van der Waals surface area contributed by atoms with Crippen molar-refractivity contribution in [3.63, 3.8) is 0 Å². The largest absolute Gasteiger partial charge is 0.326 e. The van der Waals surface area contributed by atoms with Crippen LogP contribution in [0.3, 0.4) is 0 Å². The van der Waals surface area contributed by atoms with E-state index in [1.54, 1.807) is 0 Å². The molecule has 0 aliphatic carbocycles. The number of hydrogen-bond acceptors (Lipinski definition) is 3. The Morgan fingerprint density at radius 2 is 1.25 bits per heavy atom. The number of hydrogen-bond donors (Lipinski definition) is 1. The molecule has 0 saturated heterocycles. The highest BCUT2D eigenvalue weighted by atomic mass is 14.6. The van der Waals surface area contributed by atoms with Crippen LogP contribution in [-0.2, 0) is 6.54 Å². The molecule has 0 aliphatic rings. The first-order valence-electron chi connectivity index (χ1n) is 9.27. The topological polar surface area (TPSA) is 51.8 Å². The highest BCUT2D eigenvalue weighted by Crippen LogP contribution is 2.22. The van der Waals surface area contributed by atoms with Crippen LogP contribution in [0.25, 0.3) is 32.9 Å². The van der Waals surface area contributed by atoms with Gasteiger partial charge in [-0.3, -0.25) is 9.97 Å². The summed E-state index contributed by atoms with van der Waals surface area (Å²) in [6.07, 6.45) is 3.72. The van der Waals surface area contributed by atoms with Crippen LogP contribution in [0.4, 0.5) is 0 Å². The minimum atomic E-state index is 0.580. The third kappa shape index (κ3) is 4.05. The molecular formula is C25H21N3. The van der Waals surface area contributed by atoms with E-state index in [4.69, 9.17) is 5.73 Å². The summed E-state index contributed by atoms with van der Waals surface area (Å²) in [4.78, 5) is 8.66. The second-order valence-electron chi connectivity index (χ2n) is 6.51. The summed E-state index contributed by atoms with van der Waals surface area (Å²) < 4.78 is 0. The molecule has 2 N–H and O–H groups in total. The monoisotopic (exact) mass is 363 g/mol. The summed E-state index contributed by atoms with van der Waals surface area (Å²) in [6, 6.07) is 30.7. The number of para-hydroxylation sites is 2. The van der Waals surface area contributed by atoms with E-state index in [1.807, 2.05) is 54.9 Å². The first-order chi connectivity index (χ1) is 13.8. The second kappa shape index (κ2) is 8.42. The molecule has 3 aromatic carbocycles. The van der Waals surface area contributed by atoms with Gasteiger partial charge in [0.15, 0.2) is 0 Å². The zero-order chi connectivity index (χ0) is 19.2. The summed E-state index contributed by atoms with van der Waals surface area (Å²) in [7, 11) is 0. The van der Waals surface area contributed by atoms with E-state index in [2.05, 4.69) is 58.5 Å². The van der Waals surface area contributed by atoms with Crippen LogP contribution in [0.2, 0.25) is 0 Å². The third-order valence-electron chi connectivity index (χ3n) is 4.63. The van der Waals surface area contributed by atoms with E-state index < -0.39 is 0 Å². The Labute approximate surface area is 164 Å². The van der Waals surface area contributed by atoms with Gasteiger partial charge in [-0.1, -0.05) is 66.7 Å². The van der Waals surface area contributed by atoms with Gasteiger partial charge in [0.05, 0.1) is 11.0 Å². The summed E-state index contributed by atoms with van der Waals surface area (Å²) in [5, 5.41) is 2.36. The number of benzene rings is 3. The molecule has 0 amide bonds. The Balaban J connectivity index is 0.000000162. The van der Waals surface area contributed by atoms with Gasteiger partial charge in [0.1, 0.15) is 0 Å². The molecule has 2 heterocycles. The minimum Gasteiger partial charge on any atom is -0.326 e. The van der Waals surface area contributed by atoms with Crippen molar-refractivity contribution >= 4 is 21.8 Å². The van der Waals surface area contributed by atoms with Crippen molar-refractivity contribution < 1.29 is 0 Å². The Hall–Kier alpha value is -3.56. The fourth-order valence-electron chi connectivity index (χ4n) is 3.08. The van der Waals surface area contributed by atoms with Crippen molar-refractivity contribution in [1.29, 1.82) is 0 Å². The number of fused-ring (bicyclic) bond motifs is 2. The van der Waals surface area contributed by atoms with Crippen LogP contribution in [0.1, 0.15) is 5.56 Å². The smallest absolute Gasteiger partial charge is 0.0702 e. The average molecular weight is 363 g/mol. The number of aromatic nitrogens is 2. The highest BCUT2D eigenvalue weighted by molar-refractivity contribution is 5.83. The van der Waals surface area contributed by atoms with Gasteiger partial charge in [-0.2, -0.15) is 0 Å². The van der Waals surface area contributed by atoms with E-state index in [-0.39, 0.29) is 0 Å². The van der Waals surface area contributed by atoms with Gasteiger partial charge < -0.3 is 5.73 Å². The van der Waals surface area contributed by atoms with Crippen molar-refractivity contribution in [3.8, 4) is 11.1 Å². The normalized spacial score (nSPS) is 10.5. The average Bonchev–Trinajstić information content (AvgIpc) is 2.79. The van der Waals surface area contributed by atoms with E-state index in [0.29, 0.717) is 6.54 Å². The maximum atomic E-state index is 5.60. The van der Waals surface area contributed by atoms with E-state index >= 15 is 0 Å². The van der Waals surface area contributed by atoms with Crippen molar-refractivity contribution in [2.45, 2.75) is 6.54 Å². The first kappa shape index (κ1) is 17.8. The number of rotatable bonds is 2. The standard InChI is InChI=1S/C16H14N2.C9H7N/c17-10-12-5-7-13(8-6-12)15-9-14-3-1-2-4-16(14)18-11-15;1-2-6-9-8(4-1)5-3-7-10-9/h1-9,11H,10,17H2;1-7H.